The highest BCUT2D eigenvalue weighted by Gasteiger charge is 2.28. The van der Waals surface area contributed by atoms with Gasteiger partial charge >= 0.3 is 0 Å². The predicted octanol–water partition coefficient (Wildman–Crippen LogP) is 6.32. The van der Waals surface area contributed by atoms with Crippen molar-refractivity contribution in [1.82, 2.24) is 5.32 Å². The standard InChI is InChI=1S/C27H47ClN2O3/c1-5-25(24-16-11-10-12-17-24)30-23-15-19-26(28,21-22-29)18-13-8-6-7-9-14-20-27(31-2,32-3)33-4/h5,10-12,16-17,25,30H,1,6-9,13-15,18-23,29H2,2-4H3. The molecule has 0 aromatic heterocycles. The monoisotopic (exact) mass is 482 g/mol. The summed E-state index contributed by atoms with van der Waals surface area (Å²) in [4.78, 5) is -0.193. The molecule has 190 valence electrons. The van der Waals surface area contributed by atoms with E-state index >= 15 is 0 Å². The van der Waals surface area contributed by atoms with E-state index in [0.717, 1.165) is 57.9 Å². The first-order chi connectivity index (χ1) is 16.0. The van der Waals surface area contributed by atoms with Gasteiger partial charge in [0.25, 0.3) is 5.97 Å². The van der Waals surface area contributed by atoms with Gasteiger partial charge in [-0.2, -0.15) is 0 Å². The smallest absolute Gasteiger partial charge is 0.282 e. The zero-order valence-electron chi connectivity index (χ0n) is 21.1. The number of nitrogens with one attached hydrogen (secondary N) is 1. The highest BCUT2D eigenvalue weighted by Crippen LogP contribution is 2.32. The number of hydrogen-bond acceptors (Lipinski definition) is 5. The first-order valence-electron chi connectivity index (χ1n) is 12.4. The summed E-state index contributed by atoms with van der Waals surface area (Å²) in [5.74, 6) is -0.901. The van der Waals surface area contributed by atoms with Crippen LogP contribution in [0.5, 0.6) is 0 Å². The zero-order chi connectivity index (χ0) is 24.4. The molecule has 33 heavy (non-hydrogen) atoms. The molecule has 0 fully saturated rings. The molecule has 0 saturated heterocycles. The lowest BCUT2D eigenvalue weighted by molar-refractivity contribution is -0.355. The maximum atomic E-state index is 7.00. The minimum atomic E-state index is -0.901. The van der Waals surface area contributed by atoms with E-state index in [0.29, 0.717) is 6.54 Å². The van der Waals surface area contributed by atoms with Crippen LogP contribution in [0.25, 0.3) is 0 Å². The van der Waals surface area contributed by atoms with Crippen LogP contribution < -0.4 is 11.1 Å². The van der Waals surface area contributed by atoms with E-state index in [1.807, 2.05) is 12.1 Å². The molecule has 0 aliphatic carbocycles. The Balaban J connectivity index is 2.24. The van der Waals surface area contributed by atoms with Gasteiger partial charge in [-0.3, -0.25) is 0 Å². The van der Waals surface area contributed by atoms with E-state index < -0.39 is 5.97 Å². The number of nitrogens with two attached hydrogens (primary N) is 1. The third-order valence-corrected chi connectivity index (χ3v) is 7.01. The fourth-order valence-electron chi connectivity index (χ4n) is 4.34. The maximum Gasteiger partial charge on any atom is 0.282 e. The summed E-state index contributed by atoms with van der Waals surface area (Å²) >= 11 is 7.00. The molecular weight excluding hydrogens is 436 g/mol. The minimum Gasteiger partial charge on any atom is -0.331 e. The lowest BCUT2D eigenvalue weighted by atomic mass is 9.91. The zero-order valence-corrected chi connectivity index (χ0v) is 21.9. The molecule has 1 aromatic rings. The molecule has 0 amide bonds. The second kappa shape index (κ2) is 17.5. The number of benzene rings is 1. The summed E-state index contributed by atoms with van der Waals surface area (Å²) in [5, 5.41) is 3.58. The average Bonchev–Trinajstić information content (AvgIpc) is 2.84. The quantitative estimate of drug-likeness (QED) is 0.0927. The van der Waals surface area contributed by atoms with Crippen molar-refractivity contribution in [3.05, 3.63) is 48.6 Å². The first kappa shape index (κ1) is 30.1. The van der Waals surface area contributed by atoms with Crippen molar-refractivity contribution in [3.63, 3.8) is 0 Å². The van der Waals surface area contributed by atoms with Crippen molar-refractivity contribution >= 4 is 11.6 Å². The number of unbranched alkanes of at least 4 members (excludes halogenated alkanes) is 5. The lowest BCUT2D eigenvalue weighted by Crippen LogP contribution is -2.35. The molecule has 1 aromatic carbocycles. The lowest BCUT2D eigenvalue weighted by Gasteiger charge is -2.28. The number of methoxy groups -OCH3 is 3. The normalized spacial score (nSPS) is 14.7. The van der Waals surface area contributed by atoms with Gasteiger partial charge in [0, 0.05) is 32.6 Å². The Morgan fingerprint density at radius 3 is 1.97 bits per heavy atom. The minimum absolute atomic E-state index is 0.173. The van der Waals surface area contributed by atoms with Crippen molar-refractivity contribution < 1.29 is 14.2 Å². The van der Waals surface area contributed by atoms with Gasteiger partial charge in [-0.15, -0.1) is 18.2 Å². The Bertz CT molecular complexity index is 604. The molecular formula is C27H47ClN2O3. The van der Waals surface area contributed by atoms with Crippen LogP contribution in [0.2, 0.25) is 0 Å². The van der Waals surface area contributed by atoms with E-state index in [1.165, 1.54) is 24.8 Å². The van der Waals surface area contributed by atoms with E-state index in [4.69, 9.17) is 31.5 Å². The molecule has 5 nitrogen and oxygen atoms in total. The first-order valence-corrected chi connectivity index (χ1v) is 12.8. The summed E-state index contributed by atoms with van der Waals surface area (Å²) < 4.78 is 16.0. The van der Waals surface area contributed by atoms with Crippen molar-refractivity contribution in [2.75, 3.05) is 34.4 Å². The van der Waals surface area contributed by atoms with Crippen molar-refractivity contribution in [3.8, 4) is 0 Å². The molecule has 2 atom stereocenters. The summed E-state index contributed by atoms with van der Waals surface area (Å²) in [6, 6.07) is 10.6. The third kappa shape index (κ3) is 11.8. The Hall–Kier alpha value is -0.950. The third-order valence-electron chi connectivity index (χ3n) is 6.44. The summed E-state index contributed by atoms with van der Waals surface area (Å²) in [6.45, 7) is 5.52. The molecule has 0 bridgehead atoms. The summed E-state index contributed by atoms with van der Waals surface area (Å²) in [6.07, 6.45) is 13.5. The van der Waals surface area contributed by atoms with Crippen LogP contribution in [0, 0.1) is 0 Å². The second-order valence-corrected chi connectivity index (χ2v) is 9.59. The predicted molar refractivity (Wildman–Crippen MR) is 140 cm³/mol. The van der Waals surface area contributed by atoms with E-state index in [-0.39, 0.29) is 10.9 Å². The Morgan fingerprint density at radius 1 is 0.879 bits per heavy atom. The number of halogens is 1. The molecule has 6 heteroatoms. The van der Waals surface area contributed by atoms with Gasteiger partial charge in [0.1, 0.15) is 0 Å². The van der Waals surface area contributed by atoms with E-state index in [9.17, 15) is 0 Å². The highest BCUT2D eigenvalue weighted by molar-refractivity contribution is 6.23. The maximum absolute atomic E-state index is 7.00. The van der Waals surface area contributed by atoms with Crippen LogP contribution in [-0.4, -0.2) is 45.3 Å². The molecule has 0 aliphatic heterocycles. The molecule has 0 aliphatic rings. The van der Waals surface area contributed by atoms with Crippen LogP contribution in [0.1, 0.15) is 82.2 Å². The SMILES string of the molecule is C=CC(NCCCC(Cl)(CCN)CCCCCCCCC(OC)(OC)OC)c1ccccc1. The van der Waals surface area contributed by atoms with Gasteiger partial charge in [-0.25, -0.2) is 0 Å². The van der Waals surface area contributed by atoms with Crippen molar-refractivity contribution in [2.24, 2.45) is 5.73 Å². The van der Waals surface area contributed by atoms with Gasteiger partial charge < -0.3 is 25.3 Å². The number of alkyl halides is 1. The number of ether oxygens (including phenoxy) is 3. The van der Waals surface area contributed by atoms with Gasteiger partial charge in [0.05, 0.1) is 6.04 Å². The number of hydrogen-bond donors (Lipinski definition) is 2. The average molecular weight is 483 g/mol. The van der Waals surface area contributed by atoms with Crippen LogP contribution in [0.3, 0.4) is 0 Å². The fourth-order valence-corrected chi connectivity index (χ4v) is 4.72. The van der Waals surface area contributed by atoms with Crippen molar-refractivity contribution in [1.29, 1.82) is 0 Å². The van der Waals surface area contributed by atoms with Gasteiger partial charge in [-0.1, -0.05) is 68.5 Å². The highest BCUT2D eigenvalue weighted by atomic mass is 35.5. The van der Waals surface area contributed by atoms with Crippen LogP contribution in [0.15, 0.2) is 43.0 Å². The summed E-state index contributed by atoms with van der Waals surface area (Å²) in [5.41, 5.74) is 7.12. The van der Waals surface area contributed by atoms with Crippen LogP contribution in [-0.2, 0) is 14.2 Å². The van der Waals surface area contributed by atoms with Gasteiger partial charge in [0.15, 0.2) is 0 Å². The molecule has 0 spiro atoms. The molecule has 1 rings (SSSR count). The van der Waals surface area contributed by atoms with Gasteiger partial charge in [0.2, 0.25) is 0 Å². The molecule has 3 N–H and O–H groups in total. The van der Waals surface area contributed by atoms with Crippen molar-refractivity contribution in [2.45, 2.75) is 87.5 Å². The molecule has 2 unspecified atom stereocenters. The molecule has 0 radical (unpaired) electrons. The number of rotatable bonds is 21. The Labute approximate surface area is 207 Å². The second-order valence-electron chi connectivity index (χ2n) is 8.79. The van der Waals surface area contributed by atoms with Gasteiger partial charge in [-0.05, 0) is 50.8 Å². The molecule has 0 heterocycles. The largest absolute Gasteiger partial charge is 0.331 e. The van der Waals surface area contributed by atoms with Crippen LogP contribution >= 0.6 is 11.6 Å². The summed E-state index contributed by atoms with van der Waals surface area (Å²) in [7, 11) is 4.84. The van der Waals surface area contributed by atoms with E-state index in [1.54, 1.807) is 21.3 Å². The topological polar surface area (TPSA) is 65.7 Å². The fraction of sp³-hybridized carbons (Fsp3) is 0.704. The Morgan fingerprint density at radius 2 is 1.42 bits per heavy atom. The van der Waals surface area contributed by atoms with Crippen LogP contribution in [0.4, 0.5) is 0 Å². The Kier molecular flexibility index (Phi) is 15.9. The molecule has 0 saturated carbocycles. The van der Waals surface area contributed by atoms with E-state index in [2.05, 4.69) is 36.2 Å².